The van der Waals surface area contributed by atoms with Crippen molar-refractivity contribution in [1.82, 2.24) is 5.32 Å². The van der Waals surface area contributed by atoms with E-state index in [1.807, 2.05) is 18.4 Å². The van der Waals surface area contributed by atoms with E-state index in [4.69, 9.17) is 5.26 Å². The first kappa shape index (κ1) is 18.8. The summed E-state index contributed by atoms with van der Waals surface area (Å²) in [5, 5.41) is 17.2. The molecule has 1 amide bonds. The van der Waals surface area contributed by atoms with Crippen LogP contribution in [0.25, 0.3) is 0 Å². The van der Waals surface area contributed by atoms with Crippen molar-refractivity contribution in [2.75, 3.05) is 5.32 Å². The minimum Gasteiger partial charge on any atom is -0.325 e. The zero-order valence-electron chi connectivity index (χ0n) is 15.3. The van der Waals surface area contributed by atoms with Gasteiger partial charge in [-0.15, -0.1) is 11.3 Å². The van der Waals surface area contributed by atoms with Gasteiger partial charge in [0.2, 0.25) is 5.91 Å². The summed E-state index contributed by atoms with van der Waals surface area (Å²) in [4.78, 5) is 13.8. The second-order valence-electron chi connectivity index (χ2n) is 6.43. The van der Waals surface area contributed by atoms with Crippen molar-refractivity contribution in [3.63, 3.8) is 0 Å². The third kappa shape index (κ3) is 4.82. The average molecular weight is 375 g/mol. The first-order chi connectivity index (χ1) is 13.1. The molecule has 0 saturated heterocycles. The lowest BCUT2D eigenvalue weighted by Gasteiger charge is -2.23. The molecule has 27 heavy (non-hydrogen) atoms. The number of benzene rings is 2. The standard InChI is InChI=1S/C22H21N3OS/c1-15-5-9-18(10-6-15)21(20-4-3-13-27-20)24-16(2)22(26)25-19-11-7-17(14-23)8-12-19/h3-13,16,21,24H,1-2H3,(H,25,26)/t16-,21-/m1/s1. The molecule has 0 aliphatic rings. The van der Waals surface area contributed by atoms with Crippen LogP contribution in [0.5, 0.6) is 0 Å². The van der Waals surface area contributed by atoms with Crippen LogP contribution in [0.3, 0.4) is 0 Å². The van der Waals surface area contributed by atoms with Crippen molar-refractivity contribution in [2.24, 2.45) is 0 Å². The van der Waals surface area contributed by atoms with E-state index in [0.29, 0.717) is 11.3 Å². The van der Waals surface area contributed by atoms with Gasteiger partial charge in [0.25, 0.3) is 0 Å². The van der Waals surface area contributed by atoms with Gasteiger partial charge in [-0.2, -0.15) is 5.26 Å². The van der Waals surface area contributed by atoms with E-state index in [-0.39, 0.29) is 11.9 Å². The number of thiophene rings is 1. The molecule has 2 aromatic carbocycles. The zero-order chi connectivity index (χ0) is 19.2. The number of nitrogens with zero attached hydrogens (tertiary/aromatic N) is 1. The fourth-order valence-electron chi connectivity index (χ4n) is 2.76. The number of nitriles is 1. The Morgan fingerprint density at radius 1 is 1.07 bits per heavy atom. The van der Waals surface area contributed by atoms with Crippen LogP contribution in [-0.4, -0.2) is 11.9 Å². The molecule has 1 heterocycles. The molecule has 5 heteroatoms. The van der Waals surface area contributed by atoms with Gasteiger partial charge in [0.05, 0.1) is 23.7 Å². The summed E-state index contributed by atoms with van der Waals surface area (Å²) in [6.07, 6.45) is 0. The third-order valence-corrected chi connectivity index (χ3v) is 5.27. The molecular weight excluding hydrogens is 354 g/mol. The Bertz CT molecular complexity index is 925. The lowest BCUT2D eigenvalue weighted by atomic mass is 10.0. The van der Waals surface area contributed by atoms with E-state index < -0.39 is 6.04 Å². The van der Waals surface area contributed by atoms with E-state index in [0.717, 1.165) is 10.4 Å². The number of amides is 1. The van der Waals surface area contributed by atoms with Gasteiger partial charge in [0, 0.05) is 10.6 Å². The minimum atomic E-state index is -0.394. The summed E-state index contributed by atoms with van der Waals surface area (Å²) in [6.45, 7) is 3.92. The Labute approximate surface area is 163 Å². The molecule has 0 unspecified atom stereocenters. The number of anilines is 1. The van der Waals surface area contributed by atoms with E-state index in [2.05, 4.69) is 54.0 Å². The second-order valence-corrected chi connectivity index (χ2v) is 7.41. The summed E-state index contributed by atoms with van der Waals surface area (Å²) in [7, 11) is 0. The van der Waals surface area contributed by atoms with Crippen LogP contribution in [-0.2, 0) is 4.79 Å². The Hall–Kier alpha value is -2.94. The molecule has 136 valence electrons. The van der Waals surface area contributed by atoms with Gasteiger partial charge in [-0.25, -0.2) is 0 Å². The highest BCUT2D eigenvalue weighted by Crippen LogP contribution is 2.27. The van der Waals surface area contributed by atoms with E-state index in [9.17, 15) is 4.79 Å². The van der Waals surface area contributed by atoms with Gasteiger partial charge in [-0.1, -0.05) is 35.9 Å². The number of hydrogen-bond acceptors (Lipinski definition) is 4. The number of carbonyl (C=O) groups is 1. The highest BCUT2D eigenvalue weighted by atomic mass is 32.1. The van der Waals surface area contributed by atoms with Crippen molar-refractivity contribution >= 4 is 22.9 Å². The monoisotopic (exact) mass is 375 g/mol. The highest BCUT2D eigenvalue weighted by Gasteiger charge is 2.21. The lowest BCUT2D eigenvalue weighted by Crippen LogP contribution is -2.40. The number of nitrogens with one attached hydrogen (secondary N) is 2. The number of hydrogen-bond donors (Lipinski definition) is 2. The summed E-state index contributed by atoms with van der Waals surface area (Å²) in [5.41, 5.74) is 3.57. The van der Waals surface area contributed by atoms with E-state index >= 15 is 0 Å². The highest BCUT2D eigenvalue weighted by molar-refractivity contribution is 7.10. The van der Waals surface area contributed by atoms with Gasteiger partial charge < -0.3 is 5.32 Å². The summed E-state index contributed by atoms with van der Waals surface area (Å²) < 4.78 is 0. The Kier molecular flexibility index (Phi) is 6.02. The van der Waals surface area contributed by atoms with Crippen LogP contribution >= 0.6 is 11.3 Å². The predicted octanol–water partition coefficient (Wildman–Crippen LogP) is 4.63. The Morgan fingerprint density at radius 3 is 2.37 bits per heavy atom. The van der Waals surface area contributed by atoms with Crippen LogP contribution < -0.4 is 10.6 Å². The number of carbonyl (C=O) groups excluding carboxylic acids is 1. The van der Waals surface area contributed by atoms with E-state index in [1.165, 1.54) is 5.56 Å². The summed E-state index contributed by atoms with van der Waals surface area (Å²) in [5.74, 6) is -0.117. The molecule has 4 nitrogen and oxygen atoms in total. The largest absolute Gasteiger partial charge is 0.325 e. The van der Waals surface area contributed by atoms with Crippen LogP contribution in [0.1, 0.15) is 34.5 Å². The van der Waals surface area contributed by atoms with Gasteiger partial charge in [-0.3, -0.25) is 10.1 Å². The first-order valence-corrected chi connectivity index (χ1v) is 9.62. The zero-order valence-corrected chi connectivity index (χ0v) is 16.1. The number of aryl methyl sites for hydroxylation is 1. The molecule has 0 fully saturated rings. The molecule has 0 spiro atoms. The third-order valence-electron chi connectivity index (χ3n) is 4.33. The van der Waals surface area contributed by atoms with Crippen molar-refractivity contribution in [1.29, 1.82) is 5.26 Å². The van der Waals surface area contributed by atoms with Gasteiger partial charge >= 0.3 is 0 Å². The minimum absolute atomic E-state index is 0.0488. The predicted molar refractivity (Wildman–Crippen MR) is 110 cm³/mol. The molecular formula is C22H21N3OS. The molecule has 0 bridgehead atoms. The van der Waals surface area contributed by atoms with Gasteiger partial charge in [-0.05, 0) is 55.1 Å². The smallest absolute Gasteiger partial charge is 0.241 e. The average Bonchev–Trinajstić information content (AvgIpc) is 3.22. The van der Waals surface area contributed by atoms with Gasteiger partial charge in [0.1, 0.15) is 0 Å². The van der Waals surface area contributed by atoms with Crippen molar-refractivity contribution < 1.29 is 4.79 Å². The van der Waals surface area contributed by atoms with Crippen LogP contribution in [0.15, 0.2) is 66.0 Å². The van der Waals surface area contributed by atoms with Crippen molar-refractivity contribution in [3.05, 3.63) is 87.6 Å². The molecule has 2 N–H and O–H groups in total. The lowest BCUT2D eigenvalue weighted by molar-refractivity contribution is -0.117. The second kappa shape index (κ2) is 8.63. The molecule has 0 saturated carbocycles. The molecule has 0 aliphatic carbocycles. The molecule has 0 radical (unpaired) electrons. The first-order valence-electron chi connectivity index (χ1n) is 8.74. The maximum atomic E-state index is 12.6. The maximum Gasteiger partial charge on any atom is 0.241 e. The van der Waals surface area contributed by atoms with Crippen LogP contribution in [0.4, 0.5) is 5.69 Å². The number of rotatable bonds is 6. The van der Waals surface area contributed by atoms with Crippen molar-refractivity contribution in [2.45, 2.75) is 25.9 Å². The van der Waals surface area contributed by atoms with E-state index in [1.54, 1.807) is 35.6 Å². The Morgan fingerprint density at radius 2 is 1.78 bits per heavy atom. The fraction of sp³-hybridized carbons (Fsp3) is 0.182. The molecule has 3 rings (SSSR count). The SMILES string of the molecule is Cc1ccc([C@@H](N[C@H](C)C(=O)Nc2ccc(C#N)cc2)c2cccs2)cc1. The fourth-order valence-corrected chi connectivity index (χ4v) is 3.57. The molecule has 3 aromatic rings. The summed E-state index contributed by atoms with van der Waals surface area (Å²) in [6, 6.07) is 20.9. The normalized spacial score (nSPS) is 12.8. The quantitative estimate of drug-likeness (QED) is 0.660. The van der Waals surface area contributed by atoms with Crippen molar-refractivity contribution in [3.8, 4) is 6.07 Å². The van der Waals surface area contributed by atoms with Gasteiger partial charge in [0.15, 0.2) is 0 Å². The summed E-state index contributed by atoms with van der Waals surface area (Å²) >= 11 is 1.67. The molecule has 1 aromatic heterocycles. The molecule has 2 atom stereocenters. The topological polar surface area (TPSA) is 64.9 Å². The van der Waals surface area contributed by atoms with Crippen LogP contribution in [0.2, 0.25) is 0 Å². The maximum absolute atomic E-state index is 12.6. The molecule has 0 aliphatic heterocycles. The Balaban J connectivity index is 1.73. The van der Waals surface area contributed by atoms with Crippen LogP contribution in [0, 0.1) is 18.3 Å².